The number of thiol groups is 1. The second-order valence-electron chi connectivity index (χ2n) is 1.46. The molecule has 1 unspecified atom stereocenters. The van der Waals surface area contributed by atoms with Crippen molar-refractivity contribution in [3.8, 4) is 0 Å². The summed E-state index contributed by atoms with van der Waals surface area (Å²) in [4.78, 5) is 0. The first-order chi connectivity index (χ1) is 3.77. The van der Waals surface area contributed by atoms with Gasteiger partial charge in [0.2, 0.25) is 0 Å². The highest BCUT2D eigenvalue weighted by Gasteiger charge is 1.90. The summed E-state index contributed by atoms with van der Waals surface area (Å²) < 4.78 is 18.2. The maximum absolute atomic E-state index is 9.96. The van der Waals surface area contributed by atoms with Crippen LogP contribution in [0.15, 0.2) is 0 Å². The van der Waals surface area contributed by atoms with Crippen LogP contribution in [0.25, 0.3) is 0 Å². The van der Waals surface area contributed by atoms with Gasteiger partial charge in [-0.15, -0.1) is 0 Å². The third kappa shape index (κ3) is 25.2. The molecule has 1 atom stereocenters. The predicted molar refractivity (Wildman–Crippen MR) is 49.6 cm³/mol. The summed E-state index contributed by atoms with van der Waals surface area (Å²) in [7, 11) is 0. The van der Waals surface area contributed by atoms with Crippen molar-refractivity contribution < 1.29 is 25.2 Å². The number of hydrogen-bond acceptors (Lipinski definition) is 2. The SMILES string of the molecule is O.O.O.O=S(O)CCCCS. The molecule has 0 aliphatic rings. The lowest BCUT2D eigenvalue weighted by Crippen LogP contribution is -1.94. The number of hydrogen-bond donors (Lipinski definition) is 2. The molecular weight excluding hydrogens is 192 g/mol. The fourth-order valence-corrected chi connectivity index (χ4v) is 1.01. The van der Waals surface area contributed by atoms with Gasteiger partial charge in [-0.25, -0.2) is 4.21 Å². The third-order valence-electron chi connectivity index (χ3n) is 0.727. The van der Waals surface area contributed by atoms with Crippen LogP contribution in [0.1, 0.15) is 12.8 Å². The normalized spacial score (nSPS) is 10.0. The van der Waals surface area contributed by atoms with Crippen molar-refractivity contribution in [1.82, 2.24) is 0 Å². The Morgan fingerprint density at radius 2 is 1.64 bits per heavy atom. The van der Waals surface area contributed by atoms with Gasteiger partial charge in [0, 0.05) is 5.75 Å². The molecule has 0 saturated heterocycles. The summed E-state index contributed by atoms with van der Waals surface area (Å²) in [6.07, 6.45) is 1.72. The summed E-state index contributed by atoms with van der Waals surface area (Å²) in [6, 6.07) is 0. The van der Waals surface area contributed by atoms with E-state index in [4.69, 9.17) is 4.55 Å². The van der Waals surface area contributed by atoms with E-state index in [1.54, 1.807) is 0 Å². The zero-order chi connectivity index (χ0) is 6.41. The van der Waals surface area contributed by atoms with E-state index in [9.17, 15) is 4.21 Å². The third-order valence-corrected chi connectivity index (χ3v) is 1.68. The van der Waals surface area contributed by atoms with Crippen LogP contribution in [0.3, 0.4) is 0 Å². The van der Waals surface area contributed by atoms with E-state index in [0.29, 0.717) is 5.75 Å². The first kappa shape index (κ1) is 22.5. The van der Waals surface area contributed by atoms with E-state index in [1.807, 2.05) is 0 Å². The molecule has 0 fully saturated rings. The predicted octanol–water partition coefficient (Wildman–Crippen LogP) is -1.56. The van der Waals surface area contributed by atoms with E-state index < -0.39 is 11.1 Å². The number of unbranched alkanes of at least 4 members (excludes halogenated alkanes) is 1. The molecule has 0 bridgehead atoms. The Labute approximate surface area is 73.8 Å². The van der Waals surface area contributed by atoms with Crippen LogP contribution in [-0.2, 0) is 11.1 Å². The van der Waals surface area contributed by atoms with Crippen molar-refractivity contribution >= 4 is 23.7 Å². The van der Waals surface area contributed by atoms with Gasteiger partial charge in [0.15, 0.2) is 11.1 Å². The molecular formula is C4H16O5S2. The fourth-order valence-electron chi connectivity index (χ4n) is 0.337. The Morgan fingerprint density at radius 3 is 1.91 bits per heavy atom. The van der Waals surface area contributed by atoms with Gasteiger partial charge < -0.3 is 21.0 Å². The maximum atomic E-state index is 9.96. The second kappa shape index (κ2) is 16.7. The van der Waals surface area contributed by atoms with Crippen molar-refractivity contribution in [2.24, 2.45) is 0 Å². The van der Waals surface area contributed by atoms with Crippen molar-refractivity contribution in [2.45, 2.75) is 12.8 Å². The monoisotopic (exact) mass is 208 g/mol. The molecule has 0 saturated carbocycles. The first-order valence-electron chi connectivity index (χ1n) is 2.45. The van der Waals surface area contributed by atoms with Crippen LogP contribution in [0.2, 0.25) is 0 Å². The molecule has 0 aromatic heterocycles. The van der Waals surface area contributed by atoms with Crippen LogP contribution >= 0.6 is 12.6 Å². The minimum atomic E-state index is -1.60. The first-order valence-corrected chi connectivity index (χ1v) is 4.36. The highest BCUT2D eigenvalue weighted by molar-refractivity contribution is 7.80. The Kier molecular flexibility index (Phi) is 34.3. The van der Waals surface area contributed by atoms with E-state index in [1.165, 1.54) is 0 Å². The Balaban J connectivity index is -0.0000000817. The molecule has 7 N–H and O–H groups in total. The number of rotatable bonds is 4. The van der Waals surface area contributed by atoms with E-state index in [2.05, 4.69) is 12.6 Å². The van der Waals surface area contributed by atoms with Crippen LogP contribution in [0.4, 0.5) is 0 Å². The Bertz CT molecular complexity index is 78.9. The molecule has 0 radical (unpaired) electrons. The lowest BCUT2D eigenvalue weighted by molar-refractivity contribution is 0.561. The molecule has 0 aliphatic heterocycles. The van der Waals surface area contributed by atoms with Crippen LogP contribution < -0.4 is 0 Å². The molecule has 7 heteroatoms. The highest BCUT2D eigenvalue weighted by atomic mass is 32.2. The quantitative estimate of drug-likeness (QED) is 0.329. The highest BCUT2D eigenvalue weighted by Crippen LogP contribution is 1.91. The van der Waals surface area contributed by atoms with Gasteiger partial charge in [0.05, 0.1) is 0 Å². The topological polar surface area (TPSA) is 132 Å². The molecule has 0 aromatic rings. The molecule has 0 heterocycles. The van der Waals surface area contributed by atoms with Gasteiger partial charge >= 0.3 is 0 Å². The smallest absolute Gasteiger partial charge is 0.152 e. The lowest BCUT2D eigenvalue weighted by atomic mass is 10.4. The minimum Gasteiger partial charge on any atom is -0.412 e. The standard InChI is InChI=1S/C4H10O2S2.3H2O/c5-8(6)4-2-1-3-7;;;/h7H,1-4H2,(H,5,6);3*1H2. The van der Waals surface area contributed by atoms with Gasteiger partial charge in [-0.3, -0.25) is 0 Å². The molecule has 0 aromatic carbocycles. The van der Waals surface area contributed by atoms with Gasteiger partial charge in [-0.2, -0.15) is 12.6 Å². The van der Waals surface area contributed by atoms with E-state index in [0.717, 1.165) is 18.6 Å². The Morgan fingerprint density at radius 1 is 1.18 bits per heavy atom. The van der Waals surface area contributed by atoms with Gasteiger partial charge in [0.25, 0.3) is 0 Å². The lowest BCUT2D eigenvalue weighted by Gasteiger charge is -1.90. The van der Waals surface area contributed by atoms with Gasteiger partial charge in [-0.1, -0.05) is 0 Å². The maximum Gasteiger partial charge on any atom is 0.152 e. The summed E-state index contributed by atoms with van der Waals surface area (Å²) >= 11 is 2.34. The summed E-state index contributed by atoms with van der Waals surface area (Å²) in [5.74, 6) is 1.19. The zero-order valence-corrected chi connectivity index (χ0v) is 7.75. The van der Waals surface area contributed by atoms with Gasteiger partial charge in [0.1, 0.15) is 0 Å². The molecule has 11 heavy (non-hydrogen) atoms. The molecule has 0 aliphatic carbocycles. The molecule has 0 rings (SSSR count). The van der Waals surface area contributed by atoms with E-state index >= 15 is 0 Å². The average Bonchev–Trinajstić information content (AvgIpc) is 1.66. The summed E-state index contributed by atoms with van der Waals surface area (Å²) in [5.41, 5.74) is 0. The van der Waals surface area contributed by atoms with Crippen LogP contribution in [0, 0.1) is 0 Å². The largest absolute Gasteiger partial charge is 0.412 e. The molecule has 5 nitrogen and oxygen atoms in total. The van der Waals surface area contributed by atoms with Crippen LogP contribution in [0.5, 0.6) is 0 Å². The van der Waals surface area contributed by atoms with Crippen LogP contribution in [-0.4, -0.2) is 36.7 Å². The summed E-state index contributed by atoms with van der Waals surface area (Å²) in [5, 5.41) is 0. The van der Waals surface area contributed by atoms with E-state index in [-0.39, 0.29) is 16.4 Å². The van der Waals surface area contributed by atoms with Crippen molar-refractivity contribution in [3.63, 3.8) is 0 Å². The van der Waals surface area contributed by atoms with Crippen molar-refractivity contribution in [1.29, 1.82) is 0 Å². The average molecular weight is 208 g/mol. The minimum absolute atomic E-state index is 0. The fraction of sp³-hybridized carbons (Fsp3) is 1.00. The Hall–Kier alpha value is 0.340. The van der Waals surface area contributed by atoms with Crippen molar-refractivity contribution in [3.05, 3.63) is 0 Å². The molecule has 74 valence electrons. The van der Waals surface area contributed by atoms with Crippen molar-refractivity contribution in [2.75, 3.05) is 11.5 Å². The summed E-state index contributed by atoms with van der Waals surface area (Å²) in [6.45, 7) is 0. The second-order valence-corrected chi connectivity index (χ2v) is 2.95. The molecule has 0 amide bonds. The zero-order valence-electron chi connectivity index (χ0n) is 6.04. The molecule has 0 spiro atoms. The van der Waals surface area contributed by atoms with Gasteiger partial charge in [-0.05, 0) is 18.6 Å².